The number of hydrogen-bond donors (Lipinski definition) is 2. The smallest absolute Gasteiger partial charge is 0.293 e. The van der Waals surface area contributed by atoms with Gasteiger partial charge in [0, 0.05) is 17.3 Å². The Hall–Kier alpha value is -2.82. The second-order valence-corrected chi connectivity index (χ2v) is 4.62. The molecule has 3 rings (SSSR count). The molecule has 0 saturated heterocycles. The number of benzene rings is 1. The largest absolute Gasteiger partial charge is 0.459 e. The first-order valence-corrected chi connectivity index (χ1v) is 6.76. The number of nitrogens with zero attached hydrogens (tertiary/aromatic N) is 1. The molecule has 21 heavy (non-hydrogen) atoms. The van der Waals surface area contributed by atoms with Crippen molar-refractivity contribution in [2.24, 2.45) is 0 Å². The van der Waals surface area contributed by atoms with Gasteiger partial charge in [-0.25, -0.2) is 0 Å². The van der Waals surface area contributed by atoms with Gasteiger partial charge >= 0.3 is 0 Å². The molecule has 3 aromatic rings. The number of furan rings is 1. The van der Waals surface area contributed by atoms with Crippen LogP contribution in [0, 0.1) is 0 Å². The zero-order chi connectivity index (χ0) is 14.7. The van der Waals surface area contributed by atoms with Gasteiger partial charge in [-0.3, -0.25) is 9.89 Å². The van der Waals surface area contributed by atoms with Gasteiger partial charge in [0.05, 0.1) is 6.26 Å². The van der Waals surface area contributed by atoms with Gasteiger partial charge in [0.1, 0.15) is 0 Å². The Balaban J connectivity index is 1.84. The van der Waals surface area contributed by atoms with Crippen molar-refractivity contribution in [3.05, 3.63) is 60.2 Å². The number of nitrogens with one attached hydrogen (secondary N) is 2. The van der Waals surface area contributed by atoms with Crippen molar-refractivity contribution in [3.8, 4) is 11.1 Å². The van der Waals surface area contributed by atoms with E-state index in [4.69, 9.17) is 4.42 Å². The minimum Gasteiger partial charge on any atom is -0.459 e. The highest BCUT2D eigenvalue weighted by molar-refractivity contribution is 6.06. The van der Waals surface area contributed by atoms with E-state index in [0.717, 1.165) is 23.2 Å². The summed E-state index contributed by atoms with van der Waals surface area (Å²) in [5, 5.41) is 9.63. The van der Waals surface area contributed by atoms with Gasteiger partial charge in [-0.15, -0.1) is 0 Å². The summed E-state index contributed by atoms with van der Waals surface area (Å²) in [5.41, 5.74) is 2.67. The lowest BCUT2D eigenvalue weighted by Gasteiger charge is -2.02. The number of carbonyl (C=O) groups is 1. The third-order valence-electron chi connectivity index (χ3n) is 3.21. The monoisotopic (exact) mass is 281 g/mol. The molecular formula is C16H15N3O2. The van der Waals surface area contributed by atoms with Crippen LogP contribution in [-0.2, 0) is 6.42 Å². The molecule has 0 radical (unpaired) electrons. The molecule has 2 N–H and O–H groups in total. The van der Waals surface area contributed by atoms with E-state index < -0.39 is 0 Å². The molecule has 0 aliphatic carbocycles. The van der Waals surface area contributed by atoms with Crippen molar-refractivity contribution in [2.75, 3.05) is 5.32 Å². The van der Waals surface area contributed by atoms with E-state index in [1.165, 1.54) is 6.26 Å². The predicted octanol–water partition coefficient (Wildman–Crippen LogP) is 3.48. The Labute approximate surface area is 122 Å². The fraction of sp³-hybridized carbons (Fsp3) is 0.125. The highest BCUT2D eigenvalue weighted by Crippen LogP contribution is 2.25. The van der Waals surface area contributed by atoms with Gasteiger partial charge in [-0.1, -0.05) is 37.3 Å². The first kappa shape index (κ1) is 13.2. The number of aromatic amines is 1. The van der Waals surface area contributed by atoms with Gasteiger partial charge in [-0.2, -0.15) is 5.10 Å². The van der Waals surface area contributed by atoms with Crippen molar-refractivity contribution in [2.45, 2.75) is 13.3 Å². The molecule has 0 bridgehead atoms. The number of H-pyrrole nitrogens is 1. The van der Waals surface area contributed by atoms with Gasteiger partial charge in [-0.05, 0) is 18.1 Å². The third-order valence-corrected chi connectivity index (χ3v) is 3.21. The fourth-order valence-electron chi connectivity index (χ4n) is 2.11. The Morgan fingerprint density at radius 1 is 1.29 bits per heavy atom. The molecule has 0 saturated carbocycles. The van der Waals surface area contributed by atoms with E-state index in [-0.39, 0.29) is 11.7 Å². The summed E-state index contributed by atoms with van der Waals surface area (Å²) in [6, 6.07) is 13.2. The number of carbonyl (C=O) groups excluding carboxylic acids is 1. The lowest BCUT2D eigenvalue weighted by molar-refractivity contribution is 0.0997. The minimum absolute atomic E-state index is 0.280. The highest BCUT2D eigenvalue weighted by atomic mass is 16.3. The molecule has 5 nitrogen and oxygen atoms in total. The summed E-state index contributed by atoms with van der Waals surface area (Å²) in [4.78, 5) is 12.3. The van der Waals surface area contributed by atoms with Crippen LogP contribution < -0.4 is 5.32 Å². The summed E-state index contributed by atoms with van der Waals surface area (Å²) in [5.74, 6) is 0.461. The van der Waals surface area contributed by atoms with Gasteiger partial charge in [0.2, 0.25) is 0 Å². The van der Waals surface area contributed by atoms with Gasteiger partial charge < -0.3 is 9.73 Å². The summed E-state index contributed by atoms with van der Waals surface area (Å²) in [6.45, 7) is 2.01. The zero-order valence-electron chi connectivity index (χ0n) is 11.6. The molecule has 0 unspecified atom stereocenters. The maximum Gasteiger partial charge on any atom is 0.293 e. The van der Waals surface area contributed by atoms with Crippen LogP contribution in [0.4, 0.5) is 5.82 Å². The maximum atomic E-state index is 12.3. The zero-order valence-corrected chi connectivity index (χ0v) is 11.6. The summed E-state index contributed by atoms with van der Waals surface area (Å²) < 4.78 is 5.34. The summed E-state index contributed by atoms with van der Waals surface area (Å²) in [7, 11) is 0. The quantitative estimate of drug-likeness (QED) is 0.769. The average molecular weight is 281 g/mol. The Kier molecular flexibility index (Phi) is 3.55. The van der Waals surface area contributed by atoms with Crippen molar-refractivity contribution >= 4 is 11.7 Å². The van der Waals surface area contributed by atoms with Crippen LogP contribution in [0.5, 0.6) is 0 Å². The predicted molar refractivity (Wildman–Crippen MR) is 80.1 cm³/mol. The molecule has 0 fully saturated rings. The fourth-order valence-corrected chi connectivity index (χ4v) is 2.11. The van der Waals surface area contributed by atoms with Crippen LogP contribution in [0.1, 0.15) is 23.2 Å². The molecule has 1 aromatic carbocycles. The Morgan fingerprint density at radius 2 is 2.10 bits per heavy atom. The second-order valence-electron chi connectivity index (χ2n) is 4.62. The van der Waals surface area contributed by atoms with E-state index in [0.29, 0.717) is 5.82 Å². The maximum absolute atomic E-state index is 12.3. The van der Waals surface area contributed by atoms with Crippen molar-refractivity contribution in [1.82, 2.24) is 10.2 Å². The number of aryl methyl sites for hydroxylation is 1. The van der Waals surface area contributed by atoms with Crippen molar-refractivity contribution in [3.63, 3.8) is 0 Å². The molecule has 2 aromatic heterocycles. The lowest BCUT2D eigenvalue weighted by Crippen LogP contribution is -2.12. The van der Waals surface area contributed by atoms with Crippen LogP contribution in [0.3, 0.4) is 0 Å². The van der Waals surface area contributed by atoms with Crippen LogP contribution in [0.15, 0.2) is 53.1 Å². The van der Waals surface area contributed by atoms with Crippen LogP contribution in [-0.4, -0.2) is 16.1 Å². The lowest BCUT2D eigenvalue weighted by atomic mass is 10.1. The SMILES string of the molecule is CCc1cc(NC(=O)c2occc2-c2ccccc2)n[nH]1. The van der Waals surface area contributed by atoms with Crippen LogP contribution in [0.25, 0.3) is 11.1 Å². The minimum atomic E-state index is -0.312. The normalized spacial score (nSPS) is 10.5. The molecule has 106 valence electrons. The number of rotatable bonds is 4. The Morgan fingerprint density at radius 3 is 2.81 bits per heavy atom. The van der Waals surface area contributed by atoms with E-state index >= 15 is 0 Å². The van der Waals surface area contributed by atoms with Gasteiger partial charge in [0.25, 0.3) is 5.91 Å². The molecule has 0 spiro atoms. The van der Waals surface area contributed by atoms with E-state index in [9.17, 15) is 4.79 Å². The molecule has 0 aliphatic rings. The summed E-state index contributed by atoms with van der Waals surface area (Å²) in [6.07, 6.45) is 2.35. The van der Waals surface area contributed by atoms with Crippen LogP contribution >= 0.6 is 0 Å². The topological polar surface area (TPSA) is 70.9 Å². The number of anilines is 1. The third kappa shape index (κ3) is 2.72. The van der Waals surface area contributed by atoms with Gasteiger partial charge in [0.15, 0.2) is 11.6 Å². The number of amides is 1. The molecule has 1 amide bonds. The van der Waals surface area contributed by atoms with Crippen molar-refractivity contribution in [1.29, 1.82) is 0 Å². The molecule has 2 heterocycles. The first-order chi connectivity index (χ1) is 10.3. The van der Waals surface area contributed by atoms with E-state index in [1.807, 2.05) is 43.3 Å². The van der Waals surface area contributed by atoms with Crippen molar-refractivity contribution < 1.29 is 9.21 Å². The summed E-state index contributed by atoms with van der Waals surface area (Å²) >= 11 is 0. The van der Waals surface area contributed by atoms with Crippen LogP contribution in [0.2, 0.25) is 0 Å². The number of hydrogen-bond acceptors (Lipinski definition) is 3. The second kappa shape index (κ2) is 5.66. The molecule has 0 atom stereocenters. The van der Waals surface area contributed by atoms with E-state index in [2.05, 4.69) is 15.5 Å². The molecular weight excluding hydrogens is 266 g/mol. The first-order valence-electron chi connectivity index (χ1n) is 6.76. The molecule has 0 aliphatic heterocycles. The van der Waals surface area contributed by atoms with E-state index in [1.54, 1.807) is 6.07 Å². The molecule has 5 heteroatoms. The Bertz CT molecular complexity index is 744. The number of aromatic nitrogens is 2. The average Bonchev–Trinajstić information content (AvgIpc) is 3.17. The highest BCUT2D eigenvalue weighted by Gasteiger charge is 2.17. The standard InChI is InChI=1S/C16H15N3O2/c1-2-12-10-14(19-18-12)17-16(20)15-13(8-9-21-15)11-6-4-3-5-7-11/h3-10H,2H2,1H3,(H2,17,18,19,20).